The molecule has 1 aliphatic rings. The minimum atomic E-state index is -0.223. The van der Waals surface area contributed by atoms with Gasteiger partial charge in [-0.1, -0.05) is 26.0 Å². The normalized spacial score (nSPS) is 19.2. The van der Waals surface area contributed by atoms with Crippen LogP contribution < -0.4 is 5.32 Å². The second kappa shape index (κ2) is 6.33. The molecule has 1 N–H and O–H groups in total. The van der Waals surface area contributed by atoms with Crippen molar-refractivity contribution in [2.45, 2.75) is 45.1 Å². The number of nitriles is 1. The van der Waals surface area contributed by atoms with Crippen molar-refractivity contribution in [3.63, 3.8) is 0 Å². The average molecular weight is 310 g/mol. The van der Waals surface area contributed by atoms with E-state index >= 15 is 0 Å². The Labute approximate surface area is 135 Å². The second-order valence-electron chi connectivity index (χ2n) is 5.81. The topological polar surface area (TPSA) is 61.6 Å². The fraction of sp³-hybridized carbons (Fsp3) is 0.389. The van der Waals surface area contributed by atoms with Gasteiger partial charge >= 0.3 is 0 Å². The van der Waals surface area contributed by atoms with Crippen LogP contribution in [0.2, 0.25) is 0 Å². The number of nitrogens with zero attached hydrogens (tertiary/aromatic N) is 3. The number of anilines is 1. The summed E-state index contributed by atoms with van der Waals surface area (Å²) in [6.07, 6.45) is 2.49. The van der Waals surface area contributed by atoms with E-state index in [0.29, 0.717) is 17.3 Å². The van der Waals surface area contributed by atoms with Crippen LogP contribution in [0.4, 0.5) is 10.2 Å². The molecule has 0 saturated heterocycles. The second-order valence-corrected chi connectivity index (χ2v) is 5.81. The Hall–Kier alpha value is -2.48. The third-order valence-electron chi connectivity index (χ3n) is 4.37. The van der Waals surface area contributed by atoms with Crippen molar-refractivity contribution in [2.24, 2.45) is 0 Å². The summed E-state index contributed by atoms with van der Waals surface area (Å²) < 4.78 is 13.0. The Morgan fingerprint density at radius 2 is 1.96 bits per heavy atom. The lowest BCUT2D eigenvalue weighted by Gasteiger charge is -2.12. The van der Waals surface area contributed by atoms with Gasteiger partial charge in [-0.15, -0.1) is 5.10 Å². The fourth-order valence-corrected chi connectivity index (χ4v) is 3.00. The molecule has 1 aromatic heterocycles. The Balaban J connectivity index is 1.79. The molecule has 0 radical (unpaired) electrons. The molecule has 3 rings (SSSR count). The minimum absolute atomic E-state index is 0.221. The lowest BCUT2D eigenvalue weighted by Crippen LogP contribution is -2.12. The van der Waals surface area contributed by atoms with Crippen molar-refractivity contribution in [2.75, 3.05) is 5.32 Å². The zero-order valence-electron chi connectivity index (χ0n) is 13.3. The van der Waals surface area contributed by atoms with Gasteiger partial charge in [0.1, 0.15) is 17.4 Å². The highest BCUT2D eigenvalue weighted by molar-refractivity contribution is 5.58. The van der Waals surface area contributed by atoms with Crippen molar-refractivity contribution < 1.29 is 4.39 Å². The Morgan fingerprint density at radius 3 is 2.57 bits per heavy atom. The molecular weight excluding hydrogens is 291 g/mol. The summed E-state index contributed by atoms with van der Waals surface area (Å²) in [5, 5.41) is 21.3. The molecule has 0 amide bonds. The van der Waals surface area contributed by atoms with Crippen molar-refractivity contribution in [1.82, 2.24) is 10.2 Å². The number of halogens is 1. The molecule has 5 heteroatoms. The molecule has 0 spiro atoms. The fourth-order valence-electron chi connectivity index (χ4n) is 3.00. The standard InChI is InChI=1S/C18H19FN4/c1-3-13-15(10-20)18(23-22-16(13)4-2)21-17-9-14(17)11-5-7-12(19)8-6-11/h5-8,14,17H,3-4,9H2,1-2H3,(H,21,23)/t14-,17+/m0/s1. The van der Waals surface area contributed by atoms with E-state index in [1.165, 1.54) is 12.1 Å². The summed E-state index contributed by atoms with van der Waals surface area (Å²) in [4.78, 5) is 0. The maximum absolute atomic E-state index is 13.0. The van der Waals surface area contributed by atoms with E-state index in [2.05, 4.69) is 21.6 Å². The number of hydrogen-bond donors (Lipinski definition) is 1. The first kappa shape index (κ1) is 15.4. The van der Waals surface area contributed by atoms with Gasteiger partial charge in [0.05, 0.1) is 5.69 Å². The highest BCUT2D eigenvalue weighted by Gasteiger charge is 2.39. The first-order valence-corrected chi connectivity index (χ1v) is 7.98. The maximum Gasteiger partial charge on any atom is 0.167 e. The smallest absolute Gasteiger partial charge is 0.167 e. The molecule has 2 aromatic rings. The van der Waals surface area contributed by atoms with E-state index in [4.69, 9.17) is 0 Å². The molecule has 2 atom stereocenters. The molecule has 0 bridgehead atoms. The van der Waals surface area contributed by atoms with Crippen LogP contribution in [-0.4, -0.2) is 16.2 Å². The van der Waals surface area contributed by atoms with Crippen molar-refractivity contribution in [3.05, 3.63) is 52.5 Å². The summed E-state index contributed by atoms with van der Waals surface area (Å²) in [6, 6.07) is 9.09. The summed E-state index contributed by atoms with van der Waals surface area (Å²) in [5.74, 6) is 0.676. The molecule has 118 valence electrons. The molecular formula is C18H19FN4. The Bertz CT molecular complexity index is 749. The lowest BCUT2D eigenvalue weighted by atomic mass is 10.0. The predicted octanol–water partition coefficient (Wildman–Crippen LogP) is 3.58. The zero-order valence-corrected chi connectivity index (χ0v) is 13.3. The van der Waals surface area contributed by atoms with Crippen molar-refractivity contribution in [1.29, 1.82) is 5.26 Å². The quantitative estimate of drug-likeness (QED) is 0.917. The van der Waals surface area contributed by atoms with Gasteiger partial charge in [0.25, 0.3) is 0 Å². The van der Waals surface area contributed by atoms with E-state index in [-0.39, 0.29) is 11.9 Å². The van der Waals surface area contributed by atoms with Crippen LogP contribution in [0.25, 0.3) is 0 Å². The Kier molecular flexibility index (Phi) is 4.24. The van der Waals surface area contributed by atoms with Gasteiger partial charge in [-0.25, -0.2) is 4.39 Å². The van der Waals surface area contributed by atoms with Gasteiger partial charge in [-0.3, -0.25) is 0 Å². The van der Waals surface area contributed by atoms with Crippen LogP contribution in [0, 0.1) is 17.1 Å². The highest BCUT2D eigenvalue weighted by atomic mass is 19.1. The summed E-state index contributed by atoms with van der Waals surface area (Å²) >= 11 is 0. The molecule has 23 heavy (non-hydrogen) atoms. The molecule has 1 fully saturated rings. The summed E-state index contributed by atoms with van der Waals surface area (Å²) in [7, 11) is 0. The first-order chi connectivity index (χ1) is 11.2. The van der Waals surface area contributed by atoms with E-state index in [1.54, 1.807) is 0 Å². The third-order valence-corrected chi connectivity index (χ3v) is 4.37. The number of nitrogens with one attached hydrogen (secondary N) is 1. The molecule has 1 aliphatic carbocycles. The van der Waals surface area contributed by atoms with E-state index in [9.17, 15) is 9.65 Å². The van der Waals surface area contributed by atoms with Gasteiger partial charge in [-0.05, 0) is 42.5 Å². The van der Waals surface area contributed by atoms with Gasteiger partial charge in [0, 0.05) is 12.0 Å². The van der Waals surface area contributed by atoms with Crippen LogP contribution >= 0.6 is 0 Å². The predicted molar refractivity (Wildman–Crippen MR) is 86.7 cm³/mol. The summed E-state index contributed by atoms with van der Waals surface area (Å²) in [5.41, 5.74) is 3.58. The van der Waals surface area contributed by atoms with Crippen molar-refractivity contribution in [3.8, 4) is 6.07 Å². The largest absolute Gasteiger partial charge is 0.364 e. The van der Waals surface area contributed by atoms with Crippen LogP contribution in [0.5, 0.6) is 0 Å². The van der Waals surface area contributed by atoms with E-state index < -0.39 is 0 Å². The molecule has 1 aromatic carbocycles. The molecule has 0 unspecified atom stereocenters. The molecule has 1 saturated carbocycles. The van der Waals surface area contributed by atoms with Gasteiger partial charge in [0.15, 0.2) is 5.82 Å². The maximum atomic E-state index is 13.0. The first-order valence-electron chi connectivity index (χ1n) is 7.98. The number of aromatic nitrogens is 2. The van der Waals surface area contributed by atoms with E-state index in [1.807, 2.05) is 26.0 Å². The van der Waals surface area contributed by atoms with Gasteiger partial charge < -0.3 is 5.32 Å². The monoisotopic (exact) mass is 310 g/mol. The van der Waals surface area contributed by atoms with Crippen LogP contribution in [0.15, 0.2) is 24.3 Å². The third kappa shape index (κ3) is 3.02. The zero-order chi connectivity index (χ0) is 16.4. The molecule has 4 nitrogen and oxygen atoms in total. The van der Waals surface area contributed by atoms with Gasteiger partial charge in [0.2, 0.25) is 0 Å². The average Bonchev–Trinajstić information content (AvgIpc) is 3.34. The van der Waals surface area contributed by atoms with Crippen LogP contribution in [0.3, 0.4) is 0 Å². The van der Waals surface area contributed by atoms with Gasteiger partial charge in [-0.2, -0.15) is 10.4 Å². The van der Waals surface area contributed by atoms with Crippen LogP contribution in [-0.2, 0) is 12.8 Å². The number of benzene rings is 1. The minimum Gasteiger partial charge on any atom is -0.364 e. The molecule has 0 aliphatic heterocycles. The van der Waals surface area contributed by atoms with Crippen LogP contribution in [0.1, 0.15) is 48.6 Å². The number of aryl methyl sites for hydroxylation is 1. The molecule has 1 heterocycles. The lowest BCUT2D eigenvalue weighted by molar-refractivity contribution is 0.627. The number of hydrogen-bond acceptors (Lipinski definition) is 4. The SMILES string of the molecule is CCc1nnc(N[C@@H]2C[C@H]2c2ccc(F)cc2)c(C#N)c1CC. The van der Waals surface area contributed by atoms with Crippen molar-refractivity contribution >= 4 is 5.82 Å². The summed E-state index contributed by atoms with van der Waals surface area (Å²) in [6.45, 7) is 4.04. The number of rotatable bonds is 5. The Morgan fingerprint density at radius 1 is 1.22 bits per heavy atom. The highest BCUT2D eigenvalue weighted by Crippen LogP contribution is 2.43. The van der Waals surface area contributed by atoms with E-state index in [0.717, 1.165) is 36.1 Å².